The highest BCUT2D eigenvalue weighted by atomic mass is 35.5. The third-order valence-electron chi connectivity index (χ3n) is 3.59. The van der Waals surface area contributed by atoms with Gasteiger partial charge in [0.15, 0.2) is 5.75 Å². The molecule has 2 N–H and O–H groups in total. The van der Waals surface area contributed by atoms with Crippen LogP contribution in [0.1, 0.15) is 68.6 Å². The van der Waals surface area contributed by atoms with Crippen LogP contribution in [0.5, 0.6) is 5.75 Å². The van der Waals surface area contributed by atoms with Gasteiger partial charge in [-0.2, -0.15) is 0 Å². The second kappa shape index (κ2) is 10.7. The monoisotopic (exact) mass is 345 g/mol. The van der Waals surface area contributed by atoms with Crippen LogP contribution >= 0.6 is 23.2 Å². The summed E-state index contributed by atoms with van der Waals surface area (Å²) in [7, 11) is 0. The molecule has 0 saturated heterocycles. The van der Waals surface area contributed by atoms with Crippen LogP contribution in [0.3, 0.4) is 0 Å². The van der Waals surface area contributed by atoms with Crippen LogP contribution in [0.4, 0.5) is 0 Å². The van der Waals surface area contributed by atoms with E-state index in [9.17, 15) is 9.90 Å². The van der Waals surface area contributed by atoms with Gasteiger partial charge in [0, 0.05) is 12.1 Å². The molecule has 0 radical (unpaired) electrons. The molecular formula is C17H25Cl2NO2. The zero-order valence-electron chi connectivity index (χ0n) is 13.1. The molecule has 0 unspecified atom stereocenters. The molecule has 0 aliphatic rings. The lowest BCUT2D eigenvalue weighted by molar-refractivity contribution is 0.0953. The molecule has 0 saturated carbocycles. The van der Waals surface area contributed by atoms with Crippen LogP contribution in [-0.2, 0) is 0 Å². The molecule has 1 rings (SSSR count). The summed E-state index contributed by atoms with van der Waals surface area (Å²) < 4.78 is 0. The van der Waals surface area contributed by atoms with Crippen LogP contribution in [0, 0.1) is 0 Å². The summed E-state index contributed by atoms with van der Waals surface area (Å²) in [6.45, 7) is 2.86. The molecule has 0 fully saturated rings. The number of carbonyl (C=O) groups excluding carboxylic acids is 1. The average molecular weight is 346 g/mol. The van der Waals surface area contributed by atoms with Crippen molar-refractivity contribution in [2.24, 2.45) is 0 Å². The van der Waals surface area contributed by atoms with Gasteiger partial charge < -0.3 is 10.4 Å². The second-order valence-corrected chi connectivity index (χ2v) is 6.33. The van der Waals surface area contributed by atoms with Gasteiger partial charge >= 0.3 is 0 Å². The quantitative estimate of drug-likeness (QED) is 0.544. The number of aromatic hydroxyl groups is 1. The molecule has 22 heavy (non-hydrogen) atoms. The minimum atomic E-state index is -0.216. The molecule has 0 aliphatic carbocycles. The molecule has 0 heterocycles. The summed E-state index contributed by atoms with van der Waals surface area (Å²) in [6.07, 6.45) is 9.83. The number of carbonyl (C=O) groups is 1. The van der Waals surface area contributed by atoms with E-state index in [1.165, 1.54) is 50.7 Å². The lowest BCUT2D eigenvalue weighted by atomic mass is 10.1. The number of unbranched alkanes of at least 4 members (excludes halogenated alkanes) is 7. The standard InChI is InChI=1S/C17H25Cl2NO2/c1-2-3-4-5-6-7-8-9-10-20-17(22)13-11-14(18)16(21)15(19)12-13/h11-12,21H,2-10H2,1H3,(H,20,22). The molecule has 0 spiro atoms. The van der Waals surface area contributed by atoms with Crippen molar-refractivity contribution in [2.75, 3.05) is 6.54 Å². The molecule has 0 atom stereocenters. The first-order valence-corrected chi connectivity index (χ1v) is 8.78. The van der Waals surface area contributed by atoms with Crippen LogP contribution in [-0.4, -0.2) is 17.6 Å². The van der Waals surface area contributed by atoms with E-state index in [0.717, 1.165) is 12.8 Å². The second-order valence-electron chi connectivity index (χ2n) is 5.52. The van der Waals surface area contributed by atoms with E-state index in [1.54, 1.807) is 0 Å². The molecule has 1 aromatic carbocycles. The van der Waals surface area contributed by atoms with Crippen LogP contribution in [0.25, 0.3) is 0 Å². The Morgan fingerprint density at radius 1 is 1.00 bits per heavy atom. The highest BCUT2D eigenvalue weighted by Crippen LogP contribution is 2.32. The summed E-state index contributed by atoms with van der Waals surface area (Å²) in [4.78, 5) is 12.0. The fourth-order valence-electron chi connectivity index (χ4n) is 2.26. The Hall–Kier alpha value is -0.930. The minimum absolute atomic E-state index is 0.0877. The van der Waals surface area contributed by atoms with Crippen molar-refractivity contribution < 1.29 is 9.90 Å². The zero-order valence-corrected chi connectivity index (χ0v) is 14.6. The molecule has 124 valence electrons. The summed E-state index contributed by atoms with van der Waals surface area (Å²) in [5.74, 6) is -0.408. The highest BCUT2D eigenvalue weighted by Gasteiger charge is 2.11. The molecule has 1 amide bonds. The van der Waals surface area contributed by atoms with E-state index >= 15 is 0 Å². The Morgan fingerprint density at radius 2 is 1.50 bits per heavy atom. The van der Waals surface area contributed by atoms with Gasteiger partial charge in [-0.15, -0.1) is 0 Å². The fourth-order valence-corrected chi connectivity index (χ4v) is 2.75. The van der Waals surface area contributed by atoms with Gasteiger partial charge in [-0.1, -0.05) is 75.1 Å². The smallest absolute Gasteiger partial charge is 0.251 e. The molecule has 0 aliphatic heterocycles. The third-order valence-corrected chi connectivity index (χ3v) is 4.17. The number of phenolic OH excluding ortho intramolecular Hbond substituents is 1. The van der Waals surface area contributed by atoms with E-state index in [4.69, 9.17) is 23.2 Å². The van der Waals surface area contributed by atoms with Crippen molar-refractivity contribution in [3.8, 4) is 5.75 Å². The Labute approximate surface area is 143 Å². The van der Waals surface area contributed by atoms with Crippen molar-refractivity contribution in [3.63, 3.8) is 0 Å². The Bertz CT molecular complexity index is 455. The average Bonchev–Trinajstić information content (AvgIpc) is 2.50. The van der Waals surface area contributed by atoms with Gasteiger partial charge in [0.05, 0.1) is 10.0 Å². The van der Waals surface area contributed by atoms with Gasteiger partial charge in [-0.3, -0.25) is 4.79 Å². The summed E-state index contributed by atoms with van der Waals surface area (Å²) in [5.41, 5.74) is 0.368. The number of amides is 1. The SMILES string of the molecule is CCCCCCCCCCNC(=O)c1cc(Cl)c(O)c(Cl)c1. The molecule has 0 bridgehead atoms. The predicted octanol–water partition coefficient (Wildman–Crippen LogP) is 5.57. The van der Waals surface area contributed by atoms with Gasteiger partial charge in [0.1, 0.15) is 0 Å². The van der Waals surface area contributed by atoms with Crippen molar-refractivity contribution in [1.29, 1.82) is 0 Å². The number of rotatable bonds is 10. The maximum absolute atomic E-state index is 12.0. The van der Waals surface area contributed by atoms with E-state index in [1.807, 2.05) is 0 Å². The van der Waals surface area contributed by atoms with Gasteiger partial charge in [0.2, 0.25) is 0 Å². The van der Waals surface area contributed by atoms with E-state index in [-0.39, 0.29) is 21.7 Å². The topological polar surface area (TPSA) is 49.3 Å². The van der Waals surface area contributed by atoms with Crippen molar-refractivity contribution in [3.05, 3.63) is 27.7 Å². The highest BCUT2D eigenvalue weighted by molar-refractivity contribution is 6.37. The van der Waals surface area contributed by atoms with E-state index in [2.05, 4.69) is 12.2 Å². The Balaban J connectivity index is 2.19. The van der Waals surface area contributed by atoms with E-state index in [0.29, 0.717) is 12.1 Å². The summed E-state index contributed by atoms with van der Waals surface area (Å²) in [5, 5.41) is 12.5. The first-order valence-electron chi connectivity index (χ1n) is 8.02. The normalized spacial score (nSPS) is 10.7. The summed E-state index contributed by atoms with van der Waals surface area (Å²) in [6, 6.07) is 2.84. The number of hydrogen-bond donors (Lipinski definition) is 2. The number of halogens is 2. The Morgan fingerprint density at radius 3 is 2.05 bits per heavy atom. The van der Waals surface area contributed by atoms with Crippen LogP contribution in [0.15, 0.2) is 12.1 Å². The predicted molar refractivity (Wildman–Crippen MR) is 93.1 cm³/mol. The molecule has 5 heteroatoms. The molecular weight excluding hydrogens is 321 g/mol. The van der Waals surface area contributed by atoms with Gasteiger partial charge in [-0.05, 0) is 18.6 Å². The van der Waals surface area contributed by atoms with Gasteiger partial charge in [0.25, 0.3) is 5.91 Å². The number of hydrogen-bond acceptors (Lipinski definition) is 2. The minimum Gasteiger partial charge on any atom is -0.505 e. The number of nitrogens with one attached hydrogen (secondary N) is 1. The largest absolute Gasteiger partial charge is 0.505 e. The third kappa shape index (κ3) is 6.89. The van der Waals surface area contributed by atoms with Crippen LogP contribution in [0.2, 0.25) is 10.0 Å². The number of benzene rings is 1. The lowest BCUT2D eigenvalue weighted by Crippen LogP contribution is -2.24. The maximum Gasteiger partial charge on any atom is 0.251 e. The Kier molecular flexibility index (Phi) is 9.33. The van der Waals surface area contributed by atoms with Gasteiger partial charge in [-0.25, -0.2) is 0 Å². The first kappa shape index (κ1) is 19.1. The first-order chi connectivity index (χ1) is 10.6. The lowest BCUT2D eigenvalue weighted by Gasteiger charge is -2.07. The maximum atomic E-state index is 12.0. The zero-order chi connectivity index (χ0) is 16.4. The molecule has 1 aromatic rings. The molecule has 0 aromatic heterocycles. The molecule has 3 nitrogen and oxygen atoms in total. The van der Waals surface area contributed by atoms with Crippen LogP contribution < -0.4 is 5.32 Å². The van der Waals surface area contributed by atoms with Crippen molar-refractivity contribution in [1.82, 2.24) is 5.32 Å². The van der Waals surface area contributed by atoms with Crippen molar-refractivity contribution in [2.45, 2.75) is 58.3 Å². The van der Waals surface area contributed by atoms with E-state index < -0.39 is 0 Å². The summed E-state index contributed by atoms with van der Waals surface area (Å²) >= 11 is 11.6. The van der Waals surface area contributed by atoms with Crippen molar-refractivity contribution >= 4 is 29.1 Å². The number of phenols is 1. The fraction of sp³-hybridized carbons (Fsp3) is 0.588.